The van der Waals surface area contributed by atoms with Crippen LogP contribution in [0.5, 0.6) is 5.75 Å². The van der Waals surface area contributed by atoms with Gasteiger partial charge in [-0.2, -0.15) is 12.7 Å². The van der Waals surface area contributed by atoms with Crippen LogP contribution in [0.15, 0.2) is 24.3 Å². The topological polar surface area (TPSA) is 109 Å². The fourth-order valence-corrected chi connectivity index (χ4v) is 2.47. The minimum Gasteiger partial charge on any atom is -0.484 e. The van der Waals surface area contributed by atoms with Crippen molar-refractivity contribution in [1.29, 1.82) is 5.41 Å². The molecule has 0 fully saturated rings. The summed E-state index contributed by atoms with van der Waals surface area (Å²) >= 11 is 0. The molecular formula is C12H20N4O3S. The van der Waals surface area contributed by atoms with E-state index in [2.05, 4.69) is 4.72 Å². The van der Waals surface area contributed by atoms with Crippen LogP contribution in [0.1, 0.15) is 13.8 Å². The molecule has 1 rings (SSSR count). The van der Waals surface area contributed by atoms with Gasteiger partial charge in [0.25, 0.3) is 0 Å². The molecule has 1 aromatic carbocycles. The summed E-state index contributed by atoms with van der Waals surface area (Å²) in [6.07, 6.45) is 0. The van der Waals surface area contributed by atoms with Crippen LogP contribution in [-0.4, -0.2) is 38.3 Å². The number of hydrogen-bond donors (Lipinski definition) is 3. The summed E-state index contributed by atoms with van der Waals surface area (Å²) < 4.78 is 33.2. The van der Waals surface area contributed by atoms with Crippen molar-refractivity contribution in [3.8, 4) is 5.75 Å². The lowest BCUT2D eigenvalue weighted by molar-refractivity contribution is 0.376. The van der Waals surface area contributed by atoms with E-state index in [0.29, 0.717) is 11.4 Å². The average Bonchev–Trinajstić information content (AvgIpc) is 2.36. The monoisotopic (exact) mass is 300 g/mol. The van der Waals surface area contributed by atoms with Crippen LogP contribution in [-0.2, 0) is 10.2 Å². The minimum atomic E-state index is -3.66. The van der Waals surface area contributed by atoms with Gasteiger partial charge in [-0.15, -0.1) is 0 Å². The number of nitrogens with two attached hydrogens (primary N) is 1. The SMILES string of the molecule is CC(C)N(C)S(=O)(=O)Nc1ccccc1OCC(=N)N. The third-order valence-corrected chi connectivity index (χ3v) is 4.27. The summed E-state index contributed by atoms with van der Waals surface area (Å²) in [4.78, 5) is 0. The molecule has 0 aliphatic rings. The number of benzene rings is 1. The first-order valence-corrected chi connectivity index (χ1v) is 7.48. The van der Waals surface area contributed by atoms with Gasteiger partial charge in [-0.05, 0) is 26.0 Å². The van der Waals surface area contributed by atoms with E-state index in [4.69, 9.17) is 15.9 Å². The fourth-order valence-electron chi connectivity index (χ4n) is 1.32. The number of ether oxygens (including phenoxy) is 1. The van der Waals surface area contributed by atoms with Gasteiger partial charge in [0.2, 0.25) is 0 Å². The molecule has 8 heteroatoms. The Morgan fingerprint density at radius 2 is 2.05 bits per heavy atom. The summed E-state index contributed by atoms with van der Waals surface area (Å²) in [7, 11) is -2.16. The number of nitrogens with one attached hydrogen (secondary N) is 2. The highest BCUT2D eigenvalue weighted by molar-refractivity contribution is 7.90. The van der Waals surface area contributed by atoms with E-state index >= 15 is 0 Å². The second kappa shape index (κ2) is 6.58. The summed E-state index contributed by atoms with van der Waals surface area (Å²) in [5.74, 6) is 0.186. The summed E-state index contributed by atoms with van der Waals surface area (Å²) in [5.41, 5.74) is 5.52. The Morgan fingerprint density at radius 1 is 1.45 bits per heavy atom. The number of rotatable bonds is 7. The molecule has 0 aliphatic heterocycles. The molecule has 0 unspecified atom stereocenters. The van der Waals surface area contributed by atoms with Crippen molar-refractivity contribution in [2.24, 2.45) is 5.73 Å². The van der Waals surface area contributed by atoms with Gasteiger partial charge in [0.15, 0.2) is 0 Å². The van der Waals surface area contributed by atoms with Gasteiger partial charge >= 0.3 is 10.2 Å². The van der Waals surface area contributed by atoms with Crippen molar-refractivity contribution in [2.45, 2.75) is 19.9 Å². The molecule has 0 saturated carbocycles. The van der Waals surface area contributed by atoms with E-state index in [9.17, 15) is 8.42 Å². The van der Waals surface area contributed by atoms with E-state index in [-0.39, 0.29) is 18.5 Å². The minimum absolute atomic E-state index is 0.0985. The first-order valence-electron chi connectivity index (χ1n) is 6.04. The van der Waals surface area contributed by atoms with Crippen LogP contribution < -0.4 is 15.2 Å². The number of para-hydroxylation sites is 2. The lowest BCUT2D eigenvalue weighted by Gasteiger charge is -2.22. The van der Waals surface area contributed by atoms with Crippen molar-refractivity contribution >= 4 is 21.7 Å². The van der Waals surface area contributed by atoms with E-state index < -0.39 is 10.2 Å². The Labute approximate surface area is 119 Å². The van der Waals surface area contributed by atoms with Crippen molar-refractivity contribution in [1.82, 2.24) is 4.31 Å². The second-order valence-corrected chi connectivity index (χ2v) is 6.26. The molecule has 7 nitrogen and oxygen atoms in total. The van der Waals surface area contributed by atoms with Crippen LogP contribution in [0.3, 0.4) is 0 Å². The van der Waals surface area contributed by atoms with Crippen molar-refractivity contribution in [3.05, 3.63) is 24.3 Å². The first-order chi connectivity index (χ1) is 9.24. The van der Waals surface area contributed by atoms with Gasteiger partial charge in [-0.1, -0.05) is 12.1 Å². The molecule has 0 amide bonds. The van der Waals surface area contributed by atoms with Gasteiger partial charge in [-0.25, -0.2) is 0 Å². The molecule has 0 aliphatic carbocycles. The van der Waals surface area contributed by atoms with Crippen LogP contribution in [0, 0.1) is 5.41 Å². The molecule has 0 bridgehead atoms. The van der Waals surface area contributed by atoms with Gasteiger partial charge < -0.3 is 10.5 Å². The smallest absolute Gasteiger partial charge is 0.301 e. The highest BCUT2D eigenvalue weighted by Crippen LogP contribution is 2.25. The molecule has 0 aromatic heterocycles. The molecule has 0 spiro atoms. The molecular weight excluding hydrogens is 280 g/mol. The standard InChI is InChI=1S/C12H20N4O3S/c1-9(2)16(3)20(17,18)15-10-6-4-5-7-11(10)19-8-12(13)14/h4-7,9,15H,8H2,1-3H3,(H3,13,14). The number of amidine groups is 1. The maximum Gasteiger partial charge on any atom is 0.301 e. The molecule has 112 valence electrons. The highest BCUT2D eigenvalue weighted by Gasteiger charge is 2.21. The Hall–Kier alpha value is -1.80. The highest BCUT2D eigenvalue weighted by atomic mass is 32.2. The summed E-state index contributed by atoms with van der Waals surface area (Å²) in [6, 6.07) is 6.42. The number of nitrogens with zero attached hydrogens (tertiary/aromatic N) is 1. The maximum atomic E-state index is 12.1. The largest absolute Gasteiger partial charge is 0.484 e. The second-order valence-electron chi connectivity index (χ2n) is 4.53. The summed E-state index contributed by atoms with van der Waals surface area (Å²) in [5, 5.41) is 7.12. The predicted molar refractivity (Wildman–Crippen MR) is 79.3 cm³/mol. The van der Waals surface area contributed by atoms with Crippen LogP contribution >= 0.6 is 0 Å². The Kier molecular flexibility index (Phi) is 5.34. The molecule has 0 saturated heterocycles. The number of anilines is 1. The third kappa shape index (κ3) is 4.39. The van der Waals surface area contributed by atoms with Crippen molar-refractivity contribution < 1.29 is 13.2 Å². The predicted octanol–water partition coefficient (Wildman–Crippen LogP) is 0.998. The van der Waals surface area contributed by atoms with Crippen LogP contribution in [0.2, 0.25) is 0 Å². The molecule has 0 heterocycles. The Balaban J connectivity index is 2.95. The zero-order chi connectivity index (χ0) is 15.3. The normalized spacial score (nSPS) is 11.7. The van der Waals surface area contributed by atoms with E-state index in [1.54, 1.807) is 38.1 Å². The van der Waals surface area contributed by atoms with Gasteiger partial charge in [0.1, 0.15) is 18.2 Å². The summed E-state index contributed by atoms with van der Waals surface area (Å²) in [6.45, 7) is 3.45. The molecule has 0 radical (unpaired) electrons. The van der Waals surface area contributed by atoms with E-state index in [1.165, 1.54) is 11.4 Å². The lowest BCUT2D eigenvalue weighted by Crippen LogP contribution is -2.37. The zero-order valence-electron chi connectivity index (χ0n) is 11.8. The van der Waals surface area contributed by atoms with Crippen molar-refractivity contribution in [3.63, 3.8) is 0 Å². The molecule has 20 heavy (non-hydrogen) atoms. The number of hydrogen-bond acceptors (Lipinski definition) is 4. The fraction of sp³-hybridized carbons (Fsp3) is 0.417. The first kappa shape index (κ1) is 16.3. The average molecular weight is 300 g/mol. The molecule has 0 atom stereocenters. The van der Waals surface area contributed by atoms with E-state index in [1.807, 2.05) is 0 Å². The van der Waals surface area contributed by atoms with Crippen LogP contribution in [0.4, 0.5) is 5.69 Å². The molecule has 4 N–H and O–H groups in total. The van der Waals surface area contributed by atoms with Gasteiger partial charge in [0.05, 0.1) is 5.69 Å². The third-order valence-electron chi connectivity index (χ3n) is 2.62. The van der Waals surface area contributed by atoms with Gasteiger partial charge in [-0.3, -0.25) is 10.1 Å². The van der Waals surface area contributed by atoms with Crippen LogP contribution in [0.25, 0.3) is 0 Å². The quantitative estimate of drug-likeness (QED) is 0.515. The molecule has 1 aromatic rings. The van der Waals surface area contributed by atoms with Crippen molar-refractivity contribution in [2.75, 3.05) is 18.4 Å². The Morgan fingerprint density at radius 3 is 2.60 bits per heavy atom. The van der Waals surface area contributed by atoms with E-state index in [0.717, 1.165) is 0 Å². The lowest BCUT2D eigenvalue weighted by atomic mass is 10.3. The Bertz CT molecular complexity index is 572. The zero-order valence-corrected chi connectivity index (χ0v) is 12.6. The maximum absolute atomic E-state index is 12.1. The van der Waals surface area contributed by atoms with Gasteiger partial charge in [0, 0.05) is 13.1 Å².